The van der Waals surface area contributed by atoms with Crippen molar-refractivity contribution in [3.05, 3.63) is 117 Å². The molecular weight excluding hydrogens is 605 g/mol. The zero-order valence-corrected chi connectivity index (χ0v) is 24.3. The molecule has 2 aromatic heterocycles. The summed E-state index contributed by atoms with van der Waals surface area (Å²) in [4.78, 5) is 25.7. The SMILES string of the molecule is CNc1cc(-c2ccc3ncnn3c2C)cc(C)c1C(NC=O)c1cc(F)ccc1Cl.O=Cc1cc(F)cc(C(F)(F)F)c1. The Bertz CT molecular complexity index is 1840. The molecule has 5 aromatic rings. The molecule has 2 N–H and O–H groups in total. The molecule has 13 heteroatoms. The number of aldehydes is 1. The van der Waals surface area contributed by atoms with Crippen LogP contribution in [0.2, 0.25) is 5.02 Å². The largest absolute Gasteiger partial charge is 0.416 e. The number of benzene rings is 3. The number of carbonyl (C=O) groups excluding carboxylic acids is 2. The summed E-state index contributed by atoms with van der Waals surface area (Å²) in [5, 5.41) is 10.7. The maximum Gasteiger partial charge on any atom is 0.416 e. The Morgan fingerprint density at radius 3 is 2.36 bits per heavy atom. The standard InChI is InChI=1S/C23H21ClFN5O.C8H4F4O/c1-13-8-15(17-5-7-21-27-11-29-30(21)14(17)2)9-20(26-3)22(13)23(28-12-31)18-10-16(25)4-6-19(18)24;9-7-2-5(4-13)1-6(3-7)8(10,11)12/h4-12,23,26H,1-3H3,(H,28,31);1-4H. The van der Waals surface area contributed by atoms with Gasteiger partial charge in [0.05, 0.1) is 11.6 Å². The first kappa shape index (κ1) is 32.1. The summed E-state index contributed by atoms with van der Waals surface area (Å²) in [6, 6.07) is 13.2. The highest BCUT2D eigenvalue weighted by Crippen LogP contribution is 2.38. The summed E-state index contributed by atoms with van der Waals surface area (Å²) in [5.74, 6) is -1.49. The smallest absolute Gasteiger partial charge is 0.388 e. The molecule has 1 atom stereocenters. The van der Waals surface area contributed by atoms with Crippen LogP contribution < -0.4 is 10.6 Å². The molecule has 0 aliphatic rings. The molecule has 0 saturated heterocycles. The minimum absolute atomic E-state index is 0.165. The molecule has 0 radical (unpaired) electrons. The summed E-state index contributed by atoms with van der Waals surface area (Å²) >= 11 is 6.36. The van der Waals surface area contributed by atoms with Gasteiger partial charge < -0.3 is 10.6 Å². The molecule has 2 heterocycles. The Morgan fingerprint density at radius 2 is 1.70 bits per heavy atom. The summed E-state index contributed by atoms with van der Waals surface area (Å²) in [6.45, 7) is 3.94. The topological polar surface area (TPSA) is 88.4 Å². The second-order valence-electron chi connectivity index (χ2n) is 9.64. The maximum atomic E-state index is 14.0. The average molecular weight is 630 g/mol. The molecule has 7 nitrogen and oxygen atoms in total. The lowest BCUT2D eigenvalue weighted by Crippen LogP contribution is -2.23. The number of carbonyl (C=O) groups is 2. The lowest BCUT2D eigenvalue weighted by molar-refractivity contribution is -0.137. The first-order chi connectivity index (χ1) is 20.9. The van der Waals surface area contributed by atoms with E-state index in [4.69, 9.17) is 11.6 Å². The number of pyridine rings is 1. The fourth-order valence-corrected chi connectivity index (χ4v) is 5.07. The van der Waals surface area contributed by atoms with E-state index in [2.05, 4.69) is 20.7 Å². The van der Waals surface area contributed by atoms with Crippen LogP contribution in [-0.2, 0) is 11.0 Å². The van der Waals surface area contributed by atoms with E-state index in [1.807, 2.05) is 38.1 Å². The number of nitrogens with zero attached hydrogens (tertiary/aromatic N) is 3. The molecule has 44 heavy (non-hydrogen) atoms. The molecule has 0 saturated carbocycles. The number of nitrogens with one attached hydrogen (secondary N) is 2. The number of aromatic nitrogens is 3. The van der Waals surface area contributed by atoms with Gasteiger partial charge in [-0.15, -0.1) is 0 Å². The van der Waals surface area contributed by atoms with Crippen molar-refractivity contribution < 1.29 is 31.5 Å². The van der Waals surface area contributed by atoms with E-state index >= 15 is 0 Å². The Kier molecular flexibility index (Phi) is 9.63. The maximum absolute atomic E-state index is 14.0. The van der Waals surface area contributed by atoms with E-state index < -0.39 is 29.4 Å². The number of halogens is 6. The van der Waals surface area contributed by atoms with Gasteiger partial charge in [-0.25, -0.2) is 18.3 Å². The van der Waals surface area contributed by atoms with Crippen LogP contribution in [0.1, 0.15) is 44.3 Å². The first-order valence-corrected chi connectivity index (χ1v) is 13.3. The van der Waals surface area contributed by atoms with Crippen molar-refractivity contribution in [2.45, 2.75) is 26.1 Å². The number of alkyl halides is 3. The van der Waals surface area contributed by atoms with E-state index in [1.54, 1.807) is 11.6 Å². The number of hydrogen-bond acceptors (Lipinski definition) is 5. The van der Waals surface area contributed by atoms with Gasteiger partial charge in [-0.05, 0) is 79.6 Å². The van der Waals surface area contributed by atoms with Gasteiger partial charge in [-0.3, -0.25) is 9.59 Å². The molecule has 5 rings (SSSR count). The lowest BCUT2D eigenvalue weighted by atomic mass is 9.90. The molecule has 0 aliphatic carbocycles. The quantitative estimate of drug-likeness (QED) is 0.145. The Balaban J connectivity index is 0.000000285. The molecule has 228 valence electrons. The molecule has 1 amide bonds. The van der Waals surface area contributed by atoms with Gasteiger partial charge in [-0.2, -0.15) is 18.3 Å². The van der Waals surface area contributed by atoms with Gasteiger partial charge in [0.2, 0.25) is 6.41 Å². The van der Waals surface area contributed by atoms with Crippen LogP contribution in [0, 0.1) is 25.5 Å². The van der Waals surface area contributed by atoms with Crippen molar-refractivity contribution in [2.75, 3.05) is 12.4 Å². The number of aryl methyl sites for hydroxylation is 2. The molecule has 0 fully saturated rings. The van der Waals surface area contributed by atoms with Crippen LogP contribution >= 0.6 is 11.6 Å². The number of hydrogen-bond donors (Lipinski definition) is 2. The van der Waals surface area contributed by atoms with E-state index in [1.165, 1.54) is 24.5 Å². The third-order valence-corrected chi connectivity index (χ3v) is 7.17. The Hall–Kier alpha value is -4.84. The second kappa shape index (κ2) is 13.2. The minimum atomic E-state index is -4.63. The molecule has 3 aromatic carbocycles. The molecule has 0 aliphatic heterocycles. The van der Waals surface area contributed by atoms with Crippen molar-refractivity contribution >= 4 is 35.6 Å². The number of anilines is 1. The summed E-state index contributed by atoms with van der Waals surface area (Å²) in [6.07, 6.45) is -2.34. The summed E-state index contributed by atoms with van der Waals surface area (Å²) in [7, 11) is 1.81. The lowest BCUT2D eigenvalue weighted by Gasteiger charge is -2.24. The van der Waals surface area contributed by atoms with Crippen LogP contribution in [0.3, 0.4) is 0 Å². The van der Waals surface area contributed by atoms with Crippen molar-refractivity contribution in [3.8, 4) is 11.1 Å². The van der Waals surface area contributed by atoms with Gasteiger partial charge >= 0.3 is 6.18 Å². The molecule has 0 bridgehead atoms. The molecule has 1 unspecified atom stereocenters. The molecule has 0 spiro atoms. The van der Waals surface area contributed by atoms with Crippen LogP contribution in [0.15, 0.2) is 67.0 Å². The number of rotatable bonds is 7. The highest BCUT2D eigenvalue weighted by Gasteiger charge is 2.31. The average Bonchev–Trinajstić information content (AvgIpc) is 3.47. The van der Waals surface area contributed by atoms with E-state index in [0.717, 1.165) is 45.3 Å². The summed E-state index contributed by atoms with van der Waals surface area (Å²) in [5.41, 5.74) is 5.25. The van der Waals surface area contributed by atoms with E-state index in [0.29, 0.717) is 29.1 Å². The van der Waals surface area contributed by atoms with Gasteiger partial charge in [0.25, 0.3) is 0 Å². The zero-order chi connectivity index (χ0) is 32.2. The highest BCUT2D eigenvalue weighted by atomic mass is 35.5. The van der Waals surface area contributed by atoms with Crippen LogP contribution in [0.5, 0.6) is 0 Å². The van der Waals surface area contributed by atoms with E-state index in [9.17, 15) is 31.5 Å². The van der Waals surface area contributed by atoms with Crippen molar-refractivity contribution in [1.82, 2.24) is 19.9 Å². The van der Waals surface area contributed by atoms with Crippen molar-refractivity contribution in [2.24, 2.45) is 0 Å². The monoisotopic (exact) mass is 629 g/mol. The van der Waals surface area contributed by atoms with Crippen molar-refractivity contribution in [3.63, 3.8) is 0 Å². The van der Waals surface area contributed by atoms with Crippen LogP contribution in [0.25, 0.3) is 16.8 Å². The van der Waals surface area contributed by atoms with Crippen LogP contribution in [-0.4, -0.2) is 34.3 Å². The third-order valence-electron chi connectivity index (χ3n) is 6.82. The van der Waals surface area contributed by atoms with E-state index in [-0.39, 0.29) is 11.8 Å². The predicted octanol–water partition coefficient (Wildman–Crippen LogP) is 7.34. The third kappa shape index (κ3) is 6.86. The summed E-state index contributed by atoms with van der Waals surface area (Å²) < 4.78 is 64.3. The Morgan fingerprint density at radius 1 is 0.955 bits per heavy atom. The first-order valence-electron chi connectivity index (χ1n) is 13.0. The van der Waals surface area contributed by atoms with Gasteiger partial charge in [-0.1, -0.05) is 17.7 Å². The zero-order valence-electron chi connectivity index (χ0n) is 23.5. The van der Waals surface area contributed by atoms with Gasteiger partial charge in [0, 0.05) is 45.7 Å². The van der Waals surface area contributed by atoms with Gasteiger partial charge in [0.1, 0.15) is 24.2 Å². The predicted molar refractivity (Wildman–Crippen MR) is 157 cm³/mol. The molecular formula is C31H25ClF5N5O2. The second-order valence-corrected chi connectivity index (χ2v) is 10.0. The van der Waals surface area contributed by atoms with Crippen molar-refractivity contribution in [1.29, 1.82) is 0 Å². The fourth-order valence-electron chi connectivity index (χ4n) is 4.84. The van der Waals surface area contributed by atoms with Gasteiger partial charge in [0.15, 0.2) is 5.65 Å². The Labute approximate surface area is 253 Å². The van der Waals surface area contributed by atoms with Crippen LogP contribution in [0.4, 0.5) is 27.6 Å². The minimum Gasteiger partial charge on any atom is -0.388 e. The fraction of sp³-hybridized carbons (Fsp3) is 0.161. The number of fused-ring (bicyclic) bond motifs is 1. The normalized spacial score (nSPS) is 11.8. The number of amides is 1. The highest BCUT2D eigenvalue weighted by molar-refractivity contribution is 6.31.